The van der Waals surface area contributed by atoms with Gasteiger partial charge in [0, 0.05) is 39.0 Å². The molecule has 1 aliphatic rings. The van der Waals surface area contributed by atoms with Crippen molar-refractivity contribution in [3.8, 4) is 50.3 Å². The SMILES string of the molecule is C=C1/C=C\C=C/Oc2c1cccc2-c1ccc(N(c2ccc(-c3ccc4oc5ccccc5c4c3)cc2)c2cc(-c3ccccc3)cc(-c3ccccc3)c2)cc1. The van der Waals surface area contributed by atoms with Crippen LogP contribution in [0.1, 0.15) is 5.56 Å². The van der Waals surface area contributed by atoms with Crippen molar-refractivity contribution in [3.63, 3.8) is 0 Å². The first-order valence-electron chi connectivity index (χ1n) is 19.2. The van der Waals surface area contributed by atoms with Crippen LogP contribution in [0.5, 0.6) is 5.75 Å². The van der Waals surface area contributed by atoms with Crippen LogP contribution in [-0.2, 0) is 0 Å². The van der Waals surface area contributed by atoms with Crippen molar-refractivity contribution in [1.82, 2.24) is 0 Å². The number of fused-ring (bicyclic) bond motifs is 4. The van der Waals surface area contributed by atoms with E-state index in [4.69, 9.17) is 9.15 Å². The zero-order valence-electron chi connectivity index (χ0n) is 31.2. The Hall–Kier alpha value is -7.62. The Morgan fingerprint density at radius 1 is 0.386 bits per heavy atom. The largest absolute Gasteiger partial charge is 0.464 e. The summed E-state index contributed by atoms with van der Waals surface area (Å²) in [6.07, 6.45) is 7.58. The molecule has 3 nitrogen and oxygen atoms in total. The molecule has 0 unspecified atom stereocenters. The van der Waals surface area contributed by atoms with Gasteiger partial charge < -0.3 is 14.1 Å². The number of benzene rings is 8. The highest BCUT2D eigenvalue weighted by atomic mass is 16.5. The summed E-state index contributed by atoms with van der Waals surface area (Å²) < 4.78 is 12.3. The minimum Gasteiger partial charge on any atom is -0.464 e. The first-order chi connectivity index (χ1) is 28.2. The van der Waals surface area contributed by atoms with Gasteiger partial charge in [-0.25, -0.2) is 0 Å². The van der Waals surface area contributed by atoms with Crippen LogP contribution in [0.2, 0.25) is 0 Å². The van der Waals surface area contributed by atoms with Gasteiger partial charge in [-0.2, -0.15) is 0 Å². The third-order valence-electron chi connectivity index (χ3n) is 10.7. The lowest BCUT2D eigenvalue weighted by atomic mass is 9.96. The van der Waals surface area contributed by atoms with Crippen LogP contribution < -0.4 is 9.64 Å². The number of ether oxygens (including phenoxy) is 1. The standard InChI is InChI=1S/C54H37NO2/c1-37-13-10-11-32-56-54-48(37)19-12-20-49(54)41-24-29-46(30-25-41)55(47-34-43(38-14-4-2-5-15-38)33-44(35-47)39-16-6-3-7-17-39)45-27-22-40(23-28-45)42-26-31-53-51(36-42)50-18-8-9-21-52(50)57-53/h2-36H,1H2/b13-10-,32-11-. The van der Waals surface area contributed by atoms with E-state index >= 15 is 0 Å². The molecule has 0 amide bonds. The van der Waals surface area contributed by atoms with Gasteiger partial charge >= 0.3 is 0 Å². The Bertz CT molecular complexity index is 2910. The van der Waals surface area contributed by atoms with E-state index in [2.05, 4.69) is 187 Å². The summed E-state index contributed by atoms with van der Waals surface area (Å²) in [6, 6.07) is 66.6. The molecule has 0 bridgehead atoms. The predicted octanol–water partition coefficient (Wildman–Crippen LogP) is 15.2. The van der Waals surface area contributed by atoms with Crippen LogP contribution >= 0.6 is 0 Å². The maximum Gasteiger partial charge on any atom is 0.142 e. The number of allylic oxidation sites excluding steroid dienone is 4. The molecule has 0 saturated heterocycles. The second-order valence-electron chi connectivity index (χ2n) is 14.3. The van der Waals surface area contributed by atoms with Crippen molar-refractivity contribution in [2.75, 3.05) is 4.90 Å². The molecule has 0 aliphatic carbocycles. The van der Waals surface area contributed by atoms with Gasteiger partial charge in [0.05, 0.1) is 6.26 Å². The van der Waals surface area contributed by atoms with E-state index in [0.717, 1.165) is 100 Å². The minimum absolute atomic E-state index is 0.799. The smallest absolute Gasteiger partial charge is 0.142 e. The number of hydrogen-bond acceptors (Lipinski definition) is 3. The van der Waals surface area contributed by atoms with E-state index in [9.17, 15) is 0 Å². The molecule has 0 spiro atoms. The topological polar surface area (TPSA) is 25.6 Å². The van der Waals surface area contributed by atoms with Crippen molar-refractivity contribution in [3.05, 3.63) is 225 Å². The summed E-state index contributed by atoms with van der Waals surface area (Å²) in [5, 5.41) is 2.24. The van der Waals surface area contributed by atoms with Crippen LogP contribution in [0.15, 0.2) is 224 Å². The highest BCUT2D eigenvalue weighted by molar-refractivity contribution is 6.06. The Labute approximate surface area is 332 Å². The number of nitrogens with zero attached hydrogens (tertiary/aromatic N) is 1. The summed E-state index contributed by atoms with van der Waals surface area (Å²) in [6.45, 7) is 4.29. The summed E-state index contributed by atoms with van der Waals surface area (Å²) >= 11 is 0. The van der Waals surface area contributed by atoms with Crippen LogP contribution in [0.4, 0.5) is 17.1 Å². The maximum absolute atomic E-state index is 6.19. The molecule has 8 aromatic carbocycles. The van der Waals surface area contributed by atoms with E-state index in [1.54, 1.807) is 6.26 Å². The lowest BCUT2D eigenvalue weighted by Gasteiger charge is -2.27. The molecule has 0 N–H and O–H groups in total. The van der Waals surface area contributed by atoms with Gasteiger partial charge in [-0.05, 0) is 111 Å². The number of furan rings is 1. The molecular formula is C54H37NO2. The van der Waals surface area contributed by atoms with Crippen molar-refractivity contribution >= 4 is 44.6 Å². The molecule has 0 atom stereocenters. The van der Waals surface area contributed by atoms with Gasteiger partial charge in [-0.15, -0.1) is 0 Å². The highest BCUT2D eigenvalue weighted by Gasteiger charge is 2.19. The lowest BCUT2D eigenvalue weighted by Crippen LogP contribution is -2.10. The van der Waals surface area contributed by atoms with Crippen LogP contribution in [0.3, 0.4) is 0 Å². The van der Waals surface area contributed by atoms with E-state index < -0.39 is 0 Å². The highest BCUT2D eigenvalue weighted by Crippen LogP contribution is 2.43. The van der Waals surface area contributed by atoms with Crippen LogP contribution in [0.25, 0.3) is 72.0 Å². The number of rotatable bonds is 7. The molecule has 10 rings (SSSR count). The fraction of sp³-hybridized carbons (Fsp3) is 0. The van der Waals surface area contributed by atoms with Crippen molar-refractivity contribution in [2.24, 2.45) is 0 Å². The second kappa shape index (κ2) is 14.6. The third-order valence-corrected chi connectivity index (χ3v) is 10.7. The first-order valence-corrected chi connectivity index (χ1v) is 19.2. The van der Waals surface area contributed by atoms with Gasteiger partial charge in [0.1, 0.15) is 16.9 Å². The van der Waals surface area contributed by atoms with Gasteiger partial charge in [0.15, 0.2) is 0 Å². The van der Waals surface area contributed by atoms with Crippen molar-refractivity contribution in [2.45, 2.75) is 0 Å². The Morgan fingerprint density at radius 2 is 0.965 bits per heavy atom. The Kier molecular flexibility index (Phi) is 8.66. The van der Waals surface area contributed by atoms with E-state index in [1.807, 2.05) is 30.4 Å². The summed E-state index contributed by atoms with van der Waals surface area (Å²) in [7, 11) is 0. The molecule has 1 aromatic heterocycles. The minimum atomic E-state index is 0.799. The molecule has 1 aliphatic heterocycles. The zero-order chi connectivity index (χ0) is 38.1. The number of hydrogen-bond donors (Lipinski definition) is 0. The number of para-hydroxylation sites is 2. The zero-order valence-corrected chi connectivity index (χ0v) is 31.2. The molecule has 9 aromatic rings. The molecule has 57 heavy (non-hydrogen) atoms. The quantitative estimate of drug-likeness (QED) is 0.163. The first kappa shape index (κ1) is 33.9. The van der Waals surface area contributed by atoms with Crippen molar-refractivity contribution < 1.29 is 9.15 Å². The normalized spacial score (nSPS) is 13.4. The van der Waals surface area contributed by atoms with E-state index in [1.165, 1.54) is 0 Å². The monoisotopic (exact) mass is 731 g/mol. The summed E-state index contributed by atoms with van der Waals surface area (Å²) in [4.78, 5) is 2.35. The molecule has 3 heteroatoms. The average Bonchev–Trinajstić information content (AvgIpc) is 3.65. The van der Waals surface area contributed by atoms with Gasteiger partial charge in [0.2, 0.25) is 0 Å². The van der Waals surface area contributed by atoms with Gasteiger partial charge in [-0.3, -0.25) is 0 Å². The van der Waals surface area contributed by atoms with Gasteiger partial charge in [-0.1, -0.05) is 146 Å². The van der Waals surface area contributed by atoms with Crippen molar-refractivity contribution in [1.29, 1.82) is 0 Å². The lowest BCUT2D eigenvalue weighted by molar-refractivity contribution is 0.481. The fourth-order valence-corrected chi connectivity index (χ4v) is 7.84. The molecule has 270 valence electrons. The fourth-order valence-electron chi connectivity index (χ4n) is 7.84. The summed E-state index contributed by atoms with van der Waals surface area (Å²) in [5.41, 5.74) is 15.8. The molecular weight excluding hydrogens is 695 g/mol. The predicted molar refractivity (Wildman–Crippen MR) is 238 cm³/mol. The Balaban J connectivity index is 1.10. The molecule has 0 saturated carbocycles. The third kappa shape index (κ3) is 6.52. The summed E-state index contributed by atoms with van der Waals surface area (Å²) in [5.74, 6) is 0.799. The van der Waals surface area contributed by atoms with E-state index in [-0.39, 0.29) is 0 Å². The second-order valence-corrected chi connectivity index (χ2v) is 14.3. The van der Waals surface area contributed by atoms with Crippen LogP contribution in [0, 0.1) is 0 Å². The number of anilines is 3. The van der Waals surface area contributed by atoms with E-state index in [0.29, 0.717) is 0 Å². The van der Waals surface area contributed by atoms with Gasteiger partial charge in [0.25, 0.3) is 0 Å². The molecule has 0 radical (unpaired) electrons. The molecule has 2 heterocycles. The van der Waals surface area contributed by atoms with Crippen LogP contribution in [-0.4, -0.2) is 0 Å². The Morgan fingerprint density at radius 3 is 1.67 bits per heavy atom. The maximum atomic E-state index is 6.19. The average molecular weight is 732 g/mol. The molecule has 0 fully saturated rings.